The summed E-state index contributed by atoms with van der Waals surface area (Å²) in [4.78, 5) is 11.4. The van der Waals surface area contributed by atoms with E-state index in [1.807, 2.05) is 26.1 Å². The predicted octanol–water partition coefficient (Wildman–Crippen LogP) is 12.2. The first-order valence-corrected chi connectivity index (χ1v) is 15.9. The second-order valence-corrected chi connectivity index (χ2v) is 12.0. The van der Waals surface area contributed by atoms with Gasteiger partial charge in [-0.05, 0) is 85.7 Å². The molecule has 6 aromatic rings. The summed E-state index contributed by atoms with van der Waals surface area (Å²) in [7, 11) is 0. The van der Waals surface area contributed by atoms with Gasteiger partial charge in [-0.3, -0.25) is 4.98 Å². The van der Waals surface area contributed by atoms with Crippen molar-refractivity contribution in [2.45, 2.75) is 34.6 Å². The van der Waals surface area contributed by atoms with E-state index < -0.39 is 0 Å². The van der Waals surface area contributed by atoms with Crippen LogP contribution in [0.15, 0.2) is 97.7 Å². The lowest BCUT2D eigenvalue weighted by Gasteiger charge is -2.15. The molecule has 0 amide bonds. The topological polar surface area (TPSA) is 25.8 Å². The van der Waals surface area contributed by atoms with Gasteiger partial charge in [0.1, 0.15) is 0 Å². The average Bonchev–Trinajstić information content (AvgIpc) is 3.42. The molecule has 0 aliphatic heterocycles. The lowest BCUT2D eigenvalue weighted by Crippen LogP contribution is -1.99. The minimum Gasteiger partial charge on any atom is -0.252 e. The molecule has 0 bridgehead atoms. The highest BCUT2D eigenvalue weighted by atomic mass is 32.1. The molecule has 216 valence electrons. The van der Waals surface area contributed by atoms with Crippen molar-refractivity contribution < 1.29 is 0 Å². The Morgan fingerprint density at radius 3 is 1.89 bits per heavy atom. The number of thiophene rings is 1. The summed E-state index contributed by atoms with van der Waals surface area (Å²) in [6.45, 7) is 14.6. The van der Waals surface area contributed by atoms with Gasteiger partial charge in [-0.15, -0.1) is 11.3 Å². The van der Waals surface area contributed by atoms with Crippen LogP contribution in [0.3, 0.4) is 0 Å². The van der Waals surface area contributed by atoms with E-state index in [1.54, 1.807) is 11.3 Å². The zero-order chi connectivity index (χ0) is 30.8. The monoisotopic (exact) mass is 588 g/mol. The third-order valence-corrected chi connectivity index (χ3v) is 9.54. The molecule has 2 nitrogen and oxygen atoms in total. The highest BCUT2D eigenvalue weighted by Crippen LogP contribution is 2.40. The van der Waals surface area contributed by atoms with Gasteiger partial charge in [-0.25, -0.2) is 4.98 Å². The van der Waals surface area contributed by atoms with Crippen LogP contribution < -0.4 is 0 Å². The summed E-state index contributed by atoms with van der Waals surface area (Å²) in [6, 6.07) is 24.1. The predicted molar refractivity (Wildman–Crippen MR) is 195 cm³/mol. The number of benzene rings is 4. The van der Waals surface area contributed by atoms with Gasteiger partial charge in [-0.2, -0.15) is 0 Å². The molecule has 0 N–H and O–H groups in total. The van der Waals surface area contributed by atoms with Gasteiger partial charge in [0.05, 0.1) is 22.9 Å². The van der Waals surface area contributed by atoms with Crippen LogP contribution in [0, 0.1) is 13.8 Å². The zero-order valence-electron chi connectivity index (χ0n) is 26.0. The smallest absolute Gasteiger partial charge is 0.0975 e. The molecule has 4 aromatic carbocycles. The second-order valence-electron chi connectivity index (χ2n) is 11.0. The SMILES string of the molecule is C=Cc1sc2c(-c3cccc(-c4cccc(-c5cnc6c(/C=C\C)c(C)c(C)c(/C=C\C)c6n5)c4)c3)cccc2c1/C=C\C. The van der Waals surface area contributed by atoms with Gasteiger partial charge in [0.25, 0.3) is 0 Å². The number of hydrogen-bond donors (Lipinski definition) is 0. The normalized spacial score (nSPS) is 12.0. The lowest BCUT2D eigenvalue weighted by molar-refractivity contribution is 1.24. The fraction of sp³-hybridized carbons (Fsp3) is 0.122. The zero-order valence-corrected chi connectivity index (χ0v) is 26.8. The van der Waals surface area contributed by atoms with Crippen molar-refractivity contribution in [3.8, 4) is 33.5 Å². The molecule has 0 aliphatic rings. The number of aromatic nitrogens is 2. The van der Waals surface area contributed by atoms with Gasteiger partial charge in [0.2, 0.25) is 0 Å². The fourth-order valence-corrected chi connectivity index (χ4v) is 7.19. The molecule has 0 saturated heterocycles. The second kappa shape index (κ2) is 12.4. The molecule has 2 heterocycles. The Hall–Kier alpha value is -4.86. The molecule has 0 atom stereocenters. The maximum atomic E-state index is 5.22. The van der Waals surface area contributed by atoms with Crippen LogP contribution in [0.1, 0.15) is 53.5 Å². The van der Waals surface area contributed by atoms with Crippen LogP contribution in [0.4, 0.5) is 0 Å². The van der Waals surface area contributed by atoms with Gasteiger partial charge in [0.15, 0.2) is 0 Å². The summed E-state index contributed by atoms with van der Waals surface area (Å²) in [5, 5.41) is 1.27. The number of nitrogens with zero attached hydrogens (tertiary/aromatic N) is 2. The molecule has 0 aliphatic carbocycles. The van der Waals surface area contributed by atoms with Crippen molar-refractivity contribution in [3.05, 3.63) is 130 Å². The molecule has 0 radical (unpaired) electrons. The molecule has 3 heteroatoms. The molecule has 44 heavy (non-hydrogen) atoms. The van der Waals surface area contributed by atoms with Gasteiger partial charge < -0.3 is 0 Å². The minimum atomic E-state index is 0.868. The van der Waals surface area contributed by atoms with Gasteiger partial charge >= 0.3 is 0 Å². The maximum Gasteiger partial charge on any atom is 0.0975 e. The lowest BCUT2D eigenvalue weighted by atomic mass is 9.94. The van der Waals surface area contributed by atoms with E-state index in [4.69, 9.17) is 9.97 Å². The molecule has 6 rings (SSSR count). The maximum absolute atomic E-state index is 5.22. The summed E-state index contributed by atoms with van der Waals surface area (Å²) in [5.74, 6) is 0. The van der Waals surface area contributed by atoms with Crippen LogP contribution in [0.25, 0.3) is 78.9 Å². The Labute approximate surface area is 264 Å². The van der Waals surface area contributed by atoms with Gasteiger partial charge in [0, 0.05) is 31.7 Å². The Kier molecular flexibility index (Phi) is 8.23. The average molecular weight is 589 g/mol. The van der Waals surface area contributed by atoms with E-state index in [1.165, 1.54) is 48.3 Å². The summed E-state index contributed by atoms with van der Waals surface area (Å²) in [5.41, 5.74) is 14.5. The number of hydrogen-bond acceptors (Lipinski definition) is 3. The molecule has 0 saturated carbocycles. The molecule has 0 fully saturated rings. The van der Waals surface area contributed by atoms with Gasteiger partial charge in [-0.1, -0.05) is 104 Å². The summed E-state index contributed by atoms with van der Waals surface area (Å²) < 4.78 is 1.28. The van der Waals surface area contributed by atoms with E-state index in [-0.39, 0.29) is 0 Å². The first-order valence-electron chi connectivity index (χ1n) is 15.1. The third-order valence-electron chi connectivity index (χ3n) is 8.29. The fourth-order valence-electron chi connectivity index (χ4n) is 6.01. The Bertz CT molecular complexity index is 2140. The standard InChI is InChI=1S/C41H36N2S/c1-7-14-32-26(5)27(6)33(15-8-2)40-39(32)42-25-37(43-40)31-20-12-18-29(24-31)28-17-11-19-30(23-28)34-21-13-22-36-35(16-9-3)38(10-4)44-41(34)36/h7-25H,4H2,1-3,5-6H3/b14-7-,15-8-,16-9-. The van der Waals surface area contributed by atoms with E-state index in [9.17, 15) is 0 Å². The first kappa shape index (κ1) is 29.2. The quantitative estimate of drug-likeness (QED) is 0.185. The van der Waals surface area contributed by atoms with Crippen LogP contribution in [-0.2, 0) is 0 Å². The molecular formula is C41H36N2S. The van der Waals surface area contributed by atoms with Crippen molar-refractivity contribution >= 4 is 56.8 Å². The van der Waals surface area contributed by atoms with Crippen LogP contribution >= 0.6 is 11.3 Å². The Morgan fingerprint density at radius 1 is 0.659 bits per heavy atom. The summed E-state index contributed by atoms with van der Waals surface area (Å²) in [6.07, 6.45) is 16.6. The summed E-state index contributed by atoms with van der Waals surface area (Å²) >= 11 is 1.80. The Morgan fingerprint density at radius 2 is 1.23 bits per heavy atom. The van der Waals surface area contributed by atoms with Crippen molar-refractivity contribution in [3.63, 3.8) is 0 Å². The number of rotatable bonds is 7. The van der Waals surface area contributed by atoms with E-state index >= 15 is 0 Å². The first-order chi connectivity index (χ1) is 21.5. The van der Waals surface area contributed by atoms with E-state index in [2.05, 4.69) is 131 Å². The van der Waals surface area contributed by atoms with Crippen molar-refractivity contribution in [2.75, 3.05) is 0 Å². The molecular weight excluding hydrogens is 553 g/mol. The third kappa shape index (κ3) is 5.14. The van der Waals surface area contributed by atoms with Crippen LogP contribution in [0.5, 0.6) is 0 Å². The van der Waals surface area contributed by atoms with E-state index in [0.29, 0.717) is 0 Å². The van der Waals surface area contributed by atoms with Crippen LogP contribution in [-0.4, -0.2) is 9.97 Å². The molecule has 2 aromatic heterocycles. The van der Waals surface area contributed by atoms with Crippen molar-refractivity contribution in [2.24, 2.45) is 0 Å². The highest BCUT2D eigenvalue weighted by molar-refractivity contribution is 7.20. The van der Waals surface area contributed by atoms with E-state index in [0.717, 1.165) is 39.0 Å². The number of allylic oxidation sites excluding steroid dienone is 3. The van der Waals surface area contributed by atoms with Crippen molar-refractivity contribution in [1.82, 2.24) is 9.97 Å². The van der Waals surface area contributed by atoms with Crippen molar-refractivity contribution in [1.29, 1.82) is 0 Å². The Balaban J connectivity index is 1.45. The number of fused-ring (bicyclic) bond motifs is 2. The van der Waals surface area contributed by atoms with Crippen LogP contribution in [0.2, 0.25) is 0 Å². The highest BCUT2D eigenvalue weighted by Gasteiger charge is 2.16. The molecule has 0 spiro atoms. The minimum absolute atomic E-state index is 0.868. The largest absolute Gasteiger partial charge is 0.252 e. The molecule has 0 unspecified atom stereocenters.